The Morgan fingerprint density at radius 3 is 2.73 bits per heavy atom. The number of hydrogen-bond acceptors (Lipinski definition) is 8. The fraction of sp³-hybridized carbons (Fsp3) is 0.375. The van der Waals surface area contributed by atoms with E-state index in [0.29, 0.717) is 39.3 Å². The molecule has 0 bridgehead atoms. The molecule has 26 heavy (non-hydrogen) atoms. The molecular formula is C16H21ClN8O. The standard InChI is InChI=1S/C16H21ClN8O/c1-8(2)12(7-26)20-16-21-14(13-15(22-16)25(3)24-23-13)19-9-4-5-11(18)10(17)6-9/h4-6,8,12,26H,7,18H2,1-3H3,(H2,19,20,21,22). The molecule has 0 fully saturated rings. The third-order valence-corrected chi connectivity index (χ3v) is 4.36. The van der Waals surface area contributed by atoms with Crippen molar-refractivity contribution in [2.45, 2.75) is 19.9 Å². The van der Waals surface area contributed by atoms with E-state index in [1.54, 1.807) is 29.9 Å². The van der Waals surface area contributed by atoms with Crippen LogP contribution in [0.1, 0.15) is 13.8 Å². The minimum absolute atomic E-state index is 0.0287. The van der Waals surface area contributed by atoms with Gasteiger partial charge in [-0.25, -0.2) is 4.68 Å². The summed E-state index contributed by atoms with van der Waals surface area (Å²) in [5.41, 5.74) is 8.05. The Balaban J connectivity index is 2.01. The second-order valence-electron chi connectivity index (χ2n) is 6.32. The van der Waals surface area contributed by atoms with Gasteiger partial charge in [0.2, 0.25) is 5.95 Å². The summed E-state index contributed by atoms with van der Waals surface area (Å²) < 4.78 is 1.56. The number of anilines is 4. The summed E-state index contributed by atoms with van der Waals surface area (Å²) in [6.07, 6.45) is 0. The third-order valence-electron chi connectivity index (χ3n) is 4.03. The molecule has 1 aromatic carbocycles. The Morgan fingerprint density at radius 1 is 1.31 bits per heavy atom. The molecule has 3 rings (SSSR count). The molecule has 1 unspecified atom stereocenters. The van der Waals surface area contributed by atoms with Crippen LogP contribution in [0.15, 0.2) is 18.2 Å². The van der Waals surface area contributed by atoms with Gasteiger partial charge in [0.05, 0.1) is 23.4 Å². The maximum Gasteiger partial charge on any atom is 0.227 e. The van der Waals surface area contributed by atoms with Gasteiger partial charge in [-0.3, -0.25) is 0 Å². The van der Waals surface area contributed by atoms with Gasteiger partial charge < -0.3 is 21.5 Å². The van der Waals surface area contributed by atoms with Crippen molar-refractivity contribution in [3.8, 4) is 0 Å². The highest BCUT2D eigenvalue weighted by atomic mass is 35.5. The van der Waals surface area contributed by atoms with Gasteiger partial charge in [-0.2, -0.15) is 9.97 Å². The molecule has 3 aromatic rings. The van der Waals surface area contributed by atoms with E-state index in [0.717, 1.165) is 0 Å². The fourth-order valence-corrected chi connectivity index (χ4v) is 2.58. The number of aromatic nitrogens is 5. The number of aliphatic hydroxyl groups is 1. The van der Waals surface area contributed by atoms with Crippen LogP contribution in [0.5, 0.6) is 0 Å². The number of nitrogens with zero attached hydrogens (tertiary/aromatic N) is 5. The largest absolute Gasteiger partial charge is 0.398 e. The predicted octanol–water partition coefficient (Wildman–Crippen LogP) is 2.17. The van der Waals surface area contributed by atoms with E-state index in [1.807, 2.05) is 13.8 Å². The molecule has 0 spiro atoms. The monoisotopic (exact) mass is 376 g/mol. The van der Waals surface area contributed by atoms with Crippen LogP contribution in [0.2, 0.25) is 5.02 Å². The molecule has 0 amide bonds. The topological polar surface area (TPSA) is 127 Å². The molecule has 138 valence electrons. The molecule has 10 heteroatoms. The van der Waals surface area contributed by atoms with Gasteiger partial charge in [-0.05, 0) is 24.1 Å². The maximum absolute atomic E-state index is 9.56. The van der Waals surface area contributed by atoms with E-state index < -0.39 is 0 Å². The summed E-state index contributed by atoms with van der Waals surface area (Å²) in [5.74, 6) is 1.06. The highest BCUT2D eigenvalue weighted by Gasteiger charge is 2.18. The van der Waals surface area contributed by atoms with Crippen LogP contribution in [0.25, 0.3) is 11.2 Å². The summed E-state index contributed by atoms with van der Waals surface area (Å²) in [5, 5.41) is 24.5. The number of halogens is 1. The second-order valence-corrected chi connectivity index (χ2v) is 6.73. The minimum atomic E-state index is -0.174. The molecule has 0 saturated carbocycles. The van der Waals surface area contributed by atoms with Crippen molar-refractivity contribution in [1.82, 2.24) is 25.0 Å². The Bertz CT molecular complexity index is 926. The van der Waals surface area contributed by atoms with Crippen LogP contribution in [-0.2, 0) is 7.05 Å². The van der Waals surface area contributed by atoms with E-state index in [4.69, 9.17) is 17.3 Å². The molecule has 0 aliphatic carbocycles. The van der Waals surface area contributed by atoms with Gasteiger partial charge in [-0.15, -0.1) is 5.10 Å². The summed E-state index contributed by atoms with van der Waals surface area (Å²) in [4.78, 5) is 8.95. The van der Waals surface area contributed by atoms with Crippen LogP contribution in [0, 0.1) is 5.92 Å². The minimum Gasteiger partial charge on any atom is -0.398 e. The van der Waals surface area contributed by atoms with Crippen LogP contribution < -0.4 is 16.4 Å². The number of nitrogens with two attached hydrogens (primary N) is 1. The van der Waals surface area contributed by atoms with Crippen LogP contribution in [-0.4, -0.2) is 42.7 Å². The average Bonchev–Trinajstić information content (AvgIpc) is 2.97. The summed E-state index contributed by atoms with van der Waals surface area (Å²) in [7, 11) is 1.75. The number of nitrogens with one attached hydrogen (secondary N) is 2. The number of fused-ring (bicyclic) bond motifs is 1. The summed E-state index contributed by atoms with van der Waals surface area (Å²) >= 11 is 6.09. The molecule has 5 N–H and O–H groups in total. The molecule has 0 radical (unpaired) electrons. The Labute approximate surface area is 155 Å². The highest BCUT2D eigenvalue weighted by Crippen LogP contribution is 2.27. The first kappa shape index (κ1) is 18.2. The zero-order valence-electron chi connectivity index (χ0n) is 14.7. The van der Waals surface area contributed by atoms with Crippen molar-refractivity contribution < 1.29 is 5.11 Å². The Morgan fingerprint density at radius 2 is 2.08 bits per heavy atom. The van der Waals surface area contributed by atoms with E-state index in [-0.39, 0.29) is 18.6 Å². The lowest BCUT2D eigenvalue weighted by Crippen LogP contribution is -2.30. The highest BCUT2D eigenvalue weighted by molar-refractivity contribution is 6.33. The van der Waals surface area contributed by atoms with Crippen LogP contribution in [0.3, 0.4) is 0 Å². The van der Waals surface area contributed by atoms with Gasteiger partial charge in [0.25, 0.3) is 0 Å². The molecule has 0 aliphatic rings. The van der Waals surface area contributed by atoms with E-state index in [2.05, 4.69) is 30.9 Å². The third kappa shape index (κ3) is 3.63. The van der Waals surface area contributed by atoms with Crippen molar-refractivity contribution in [3.63, 3.8) is 0 Å². The average molecular weight is 377 g/mol. The molecule has 0 saturated heterocycles. The maximum atomic E-state index is 9.56. The van der Waals surface area contributed by atoms with E-state index in [9.17, 15) is 5.11 Å². The second kappa shape index (κ2) is 7.30. The number of aryl methyl sites for hydroxylation is 1. The quantitative estimate of drug-likeness (QED) is 0.482. The smallest absolute Gasteiger partial charge is 0.227 e. The first-order valence-corrected chi connectivity index (χ1v) is 8.53. The predicted molar refractivity (Wildman–Crippen MR) is 103 cm³/mol. The number of nitrogen functional groups attached to an aromatic ring is 1. The Hall–Kier alpha value is -2.65. The van der Waals surface area contributed by atoms with Crippen molar-refractivity contribution in [3.05, 3.63) is 23.2 Å². The lowest BCUT2D eigenvalue weighted by Gasteiger charge is -2.20. The molecule has 0 aliphatic heterocycles. The van der Waals surface area contributed by atoms with Crippen molar-refractivity contribution >= 4 is 45.9 Å². The number of hydrogen-bond donors (Lipinski definition) is 4. The van der Waals surface area contributed by atoms with E-state index >= 15 is 0 Å². The van der Waals surface area contributed by atoms with E-state index in [1.165, 1.54) is 0 Å². The van der Waals surface area contributed by atoms with Crippen molar-refractivity contribution in [2.75, 3.05) is 23.0 Å². The van der Waals surface area contributed by atoms with Gasteiger partial charge in [-0.1, -0.05) is 30.7 Å². The van der Waals surface area contributed by atoms with Gasteiger partial charge in [0.15, 0.2) is 17.0 Å². The van der Waals surface area contributed by atoms with Crippen molar-refractivity contribution in [1.29, 1.82) is 0 Å². The zero-order valence-corrected chi connectivity index (χ0v) is 15.5. The first-order valence-electron chi connectivity index (χ1n) is 8.16. The van der Waals surface area contributed by atoms with Crippen molar-refractivity contribution in [2.24, 2.45) is 13.0 Å². The van der Waals surface area contributed by atoms with Crippen LogP contribution in [0.4, 0.5) is 23.1 Å². The number of rotatable bonds is 6. The fourth-order valence-electron chi connectivity index (χ4n) is 2.40. The Kier molecular flexibility index (Phi) is 5.10. The number of benzene rings is 1. The summed E-state index contributed by atoms with van der Waals surface area (Å²) in [6.45, 7) is 3.99. The molecular weight excluding hydrogens is 356 g/mol. The zero-order chi connectivity index (χ0) is 18.8. The molecule has 1 atom stereocenters. The first-order chi connectivity index (χ1) is 12.4. The number of aliphatic hydroxyl groups excluding tert-OH is 1. The van der Waals surface area contributed by atoms with Gasteiger partial charge in [0.1, 0.15) is 0 Å². The van der Waals surface area contributed by atoms with Gasteiger partial charge >= 0.3 is 0 Å². The lowest BCUT2D eigenvalue weighted by atomic mass is 10.1. The normalized spacial score (nSPS) is 12.5. The molecule has 2 heterocycles. The van der Waals surface area contributed by atoms with Crippen LogP contribution >= 0.6 is 11.6 Å². The SMILES string of the molecule is CC(C)C(CO)Nc1nc(Nc2ccc(N)c(Cl)c2)c2nnn(C)c2n1. The molecule has 2 aromatic heterocycles. The molecule has 9 nitrogen and oxygen atoms in total. The van der Waals surface area contributed by atoms with Gasteiger partial charge in [0, 0.05) is 12.7 Å². The lowest BCUT2D eigenvalue weighted by molar-refractivity contribution is 0.248. The summed E-state index contributed by atoms with van der Waals surface area (Å²) in [6, 6.07) is 5.04.